The first kappa shape index (κ1) is 11.3. The van der Waals surface area contributed by atoms with Crippen LogP contribution in [0.3, 0.4) is 0 Å². The van der Waals surface area contributed by atoms with Crippen LogP contribution >= 0.6 is 11.8 Å². The lowest BCUT2D eigenvalue weighted by Gasteiger charge is -2.09. The van der Waals surface area contributed by atoms with Crippen molar-refractivity contribution in [2.75, 3.05) is 19.3 Å². The van der Waals surface area contributed by atoms with E-state index in [2.05, 4.69) is 16.3 Å². The summed E-state index contributed by atoms with van der Waals surface area (Å²) in [6, 6.07) is 0.218. The molecule has 1 fully saturated rings. The fraction of sp³-hybridized carbons (Fsp3) is 1.00. The normalized spacial score (nSPS) is 29.4. The molecule has 1 heterocycles. The van der Waals surface area contributed by atoms with Crippen LogP contribution in [0.25, 0.3) is 0 Å². The maximum absolute atomic E-state index is 10.6. The molecule has 5 nitrogen and oxygen atoms in total. The van der Waals surface area contributed by atoms with Gasteiger partial charge in [0.15, 0.2) is 0 Å². The molecule has 0 bridgehead atoms. The Bertz CT molecular complexity index is 255. The monoisotopic (exact) mass is 225 g/mol. The highest BCUT2D eigenvalue weighted by atomic mass is 32.2. The molecule has 1 aliphatic heterocycles. The second kappa shape index (κ2) is 4.61. The second-order valence-electron chi connectivity index (χ2n) is 3.09. The molecule has 0 aromatic heterocycles. The molecule has 0 saturated carbocycles. The Morgan fingerprint density at radius 3 is 2.85 bits per heavy atom. The van der Waals surface area contributed by atoms with E-state index in [0.717, 1.165) is 13.0 Å². The maximum atomic E-state index is 10.6. The van der Waals surface area contributed by atoms with Crippen molar-refractivity contribution in [2.45, 2.75) is 17.7 Å². The average molecular weight is 225 g/mol. The summed E-state index contributed by atoms with van der Waals surface area (Å²) in [7, 11) is -3.53. The number of nitrogens with one attached hydrogen (secondary N) is 2. The van der Waals surface area contributed by atoms with Gasteiger partial charge in [-0.3, -0.25) is 0 Å². The van der Waals surface area contributed by atoms with E-state index in [4.69, 9.17) is 5.14 Å². The molecule has 0 amide bonds. The van der Waals surface area contributed by atoms with Gasteiger partial charge in [0.2, 0.25) is 0 Å². The van der Waals surface area contributed by atoms with Gasteiger partial charge < -0.3 is 5.32 Å². The minimum atomic E-state index is -3.53. The van der Waals surface area contributed by atoms with Crippen LogP contribution in [0.1, 0.15) is 6.42 Å². The van der Waals surface area contributed by atoms with Gasteiger partial charge in [-0.15, -0.1) is 0 Å². The van der Waals surface area contributed by atoms with Gasteiger partial charge in [0.05, 0.1) is 0 Å². The van der Waals surface area contributed by atoms with Gasteiger partial charge in [-0.1, -0.05) is 0 Å². The van der Waals surface area contributed by atoms with Crippen LogP contribution in [0.4, 0.5) is 0 Å². The van der Waals surface area contributed by atoms with Crippen molar-refractivity contribution in [3.05, 3.63) is 0 Å². The van der Waals surface area contributed by atoms with Crippen molar-refractivity contribution in [3.8, 4) is 0 Å². The Labute approximate surface area is 83.0 Å². The van der Waals surface area contributed by atoms with Crippen molar-refractivity contribution < 1.29 is 8.42 Å². The average Bonchev–Trinajstić information content (AvgIpc) is 2.47. The summed E-state index contributed by atoms with van der Waals surface area (Å²) in [5.74, 6) is 0. The van der Waals surface area contributed by atoms with Crippen LogP contribution in [0.15, 0.2) is 0 Å². The van der Waals surface area contributed by atoms with E-state index in [-0.39, 0.29) is 6.04 Å². The first-order chi connectivity index (χ1) is 6.01. The van der Waals surface area contributed by atoms with E-state index in [1.54, 1.807) is 11.8 Å². The molecule has 4 N–H and O–H groups in total. The predicted molar refractivity (Wildman–Crippen MR) is 54.8 cm³/mol. The van der Waals surface area contributed by atoms with E-state index in [1.165, 1.54) is 0 Å². The molecule has 1 rings (SSSR count). The lowest BCUT2D eigenvalue weighted by atomic mass is 10.2. The van der Waals surface area contributed by atoms with Gasteiger partial charge in [0.1, 0.15) is 0 Å². The molecule has 1 aliphatic rings. The van der Waals surface area contributed by atoms with E-state index < -0.39 is 10.2 Å². The molecule has 0 aromatic carbocycles. The van der Waals surface area contributed by atoms with Gasteiger partial charge in [0.25, 0.3) is 10.2 Å². The molecule has 7 heteroatoms. The highest BCUT2D eigenvalue weighted by Gasteiger charge is 2.23. The zero-order valence-corrected chi connectivity index (χ0v) is 9.12. The Hall–Kier alpha value is 0.180. The van der Waals surface area contributed by atoms with E-state index in [9.17, 15) is 8.42 Å². The van der Waals surface area contributed by atoms with Crippen molar-refractivity contribution in [1.82, 2.24) is 10.0 Å². The minimum absolute atomic E-state index is 0.218. The van der Waals surface area contributed by atoms with Crippen molar-refractivity contribution >= 4 is 22.0 Å². The predicted octanol–water partition coefficient (Wildman–Crippen LogP) is -1.13. The van der Waals surface area contributed by atoms with Gasteiger partial charge in [-0.25, -0.2) is 9.86 Å². The smallest absolute Gasteiger partial charge is 0.274 e. The lowest BCUT2D eigenvalue weighted by Crippen LogP contribution is -2.40. The van der Waals surface area contributed by atoms with Crippen molar-refractivity contribution in [1.29, 1.82) is 0 Å². The summed E-state index contributed by atoms with van der Waals surface area (Å²) >= 11 is 1.80. The number of nitrogens with two attached hydrogens (primary N) is 1. The second-order valence-corrected chi connectivity index (χ2v) is 5.61. The first-order valence-corrected chi connectivity index (χ1v) is 6.88. The lowest BCUT2D eigenvalue weighted by molar-refractivity contribution is 0.553. The van der Waals surface area contributed by atoms with E-state index in [0.29, 0.717) is 11.8 Å². The van der Waals surface area contributed by atoms with Crippen LogP contribution in [0.5, 0.6) is 0 Å². The molecule has 0 aromatic rings. The third-order valence-electron chi connectivity index (χ3n) is 2.05. The van der Waals surface area contributed by atoms with Gasteiger partial charge in [-0.05, 0) is 12.7 Å². The maximum Gasteiger partial charge on any atom is 0.274 e. The Morgan fingerprint density at radius 2 is 2.38 bits per heavy atom. The third kappa shape index (κ3) is 4.28. The Balaban J connectivity index is 2.25. The highest BCUT2D eigenvalue weighted by molar-refractivity contribution is 7.99. The van der Waals surface area contributed by atoms with E-state index in [1.807, 2.05) is 0 Å². The number of hydrogen-bond donors (Lipinski definition) is 3. The molecule has 1 saturated heterocycles. The Morgan fingerprint density at radius 1 is 1.69 bits per heavy atom. The van der Waals surface area contributed by atoms with Gasteiger partial charge in [0, 0.05) is 24.4 Å². The molecule has 0 radical (unpaired) electrons. The zero-order valence-electron chi connectivity index (χ0n) is 7.49. The largest absolute Gasteiger partial charge is 0.312 e. The number of thioether (sulfide) groups is 1. The number of hydrogen-bond acceptors (Lipinski definition) is 4. The standard InChI is InChI=1S/C6H15N3O2S2/c1-12-6-2-5(8-4-6)3-9-13(7,10)11/h5-6,8-9H,2-4H2,1H3,(H2,7,10,11)/t5-,6-/m0/s1. The molecule has 0 aliphatic carbocycles. The van der Waals surface area contributed by atoms with Gasteiger partial charge in [-0.2, -0.15) is 20.2 Å². The van der Waals surface area contributed by atoms with Crippen molar-refractivity contribution in [2.24, 2.45) is 5.14 Å². The SMILES string of the molecule is CS[C@@H]1CN[C@H](CNS(N)(=O)=O)C1. The summed E-state index contributed by atoms with van der Waals surface area (Å²) < 4.78 is 23.4. The quantitative estimate of drug-likeness (QED) is 0.565. The molecule has 78 valence electrons. The van der Waals surface area contributed by atoms with Crippen LogP contribution in [-0.4, -0.2) is 39.1 Å². The fourth-order valence-corrected chi connectivity index (χ4v) is 2.46. The van der Waals surface area contributed by atoms with Crippen LogP contribution in [0, 0.1) is 0 Å². The third-order valence-corrected chi connectivity index (χ3v) is 3.64. The zero-order chi connectivity index (χ0) is 9.90. The molecule has 0 unspecified atom stereocenters. The summed E-state index contributed by atoms with van der Waals surface area (Å²) in [6.45, 7) is 1.33. The summed E-state index contributed by atoms with van der Waals surface area (Å²) in [6.07, 6.45) is 3.05. The summed E-state index contributed by atoms with van der Waals surface area (Å²) in [5, 5.41) is 8.63. The summed E-state index contributed by atoms with van der Waals surface area (Å²) in [4.78, 5) is 0. The molecule has 13 heavy (non-hydrogen) atoms. The Kier molecular flexibility index (Phi) is 3.99. The van der Waals surface area contributed by atoms with E-state index >= 15 is 0 Å². The topological polar surface area (TPSA) is 84.2 Å². The van der Waals surface area contributed by atoms with Crippen LogP contribution in [-0.2, 0) is 10.2 Å². The highest BCUT2D eigenvalue weighted by Crippen LogP contribution is 2.17. The van der Waals surface area contributed by atoms with Crippen LogP contribution < -0.4 is 15.2 Å². The minimum Gasteiger partial charge on any atom is -0.312 e. The first-order valence-electron chi connectivity index (χ1n) is 4.05. The molecule has 0 spiro atoms. The molecular weight excluding hydrogens is 210 g/mol. The number of rotatable bonds is 4. The van der Waals surface area contributed by atoms with Crippen LogP contribution in [0.2, 0.25) is 0 Å². The fourth-order valence-electron chi connectivity index (χ4n) is 1.33. The van der Waals surface area contributed by atoms with Gasteiger partial charge >= 0.3 is 0 Å². The summed E-state index contributed by atoms with van der Waals surface area (Å²) in [5.41, 5.74) is 0. The molecular formula is C6H15N3O2S2. The van der Waals surface area contributed by atoms with Crippen molar-refractivity contribution in [3.63, 3.8) is 0 Å². The molecule has 2 atom stereocenters.